The zero-order valence-electron chi connectivity index (χ0n) is 13.9. The van der Waals surface area contributed by atoms with Crippen molar-refractivity contribution in [2.75, 3.05) is 13.6 Å². The van der Waals surface area contributed by atoms with Gasteiger partial charge in [-0.3, -0.25) is 9.59 Å². The maximum Gasteiger partial charge on any atom is 0.306 e. The van der Waals surface area contributed by atoms with E-state index < -0.39 is 5.97 Å². The minimum atomic E-state index is -0.717. The molecule has 0 saturated heterocycles. The predicted octanol–water partition coefficient (Wildman–Crippen LogP) is 3.36. The van der Waals surface area contributed by atoms with Crippen LogP contribution in [0, 0.1) is 11.8 Å². The average molecular weight is 317 g/mol. The number of hydrogen-bond donors (Lipinski definition) is 1. The van der Waals surface area contributed by atoms with Gasteiger partial charge in [-0.15, -0.1) is 0 Å². The number of unbranched alkanes of at least 4 members (excludes halogenated alkanes) is 1. The van der Waals surface area contributed by atoms with Crippen LogP contribution < -0.4 is 0 Å². The second-order valence-electron chi connectivity index (χ2n) is 6.59. The lowest BCUT2D eigenvalue weighted by atomic mass is 9.81. The van der Waals surface area contributed by atoms with Crippen LogP contribution in [0.15, 0.2) is 30.3 Å². The van der Waals surface area contributed by atoms with E-state index in [1.54, 1.807) is 0 Å². The van der Waals surface area contributed by atoms with Crippen LogP contribution in [0.3, 0.4) is 0 Å². The molecule has 1 aromatic carbocycles. The van der Waals surface area contributed by atoms with Crippen molar-refractivity contribution in [2.45, 2.75) is 44.9 Å². The Balaban J connectivity index is 1.66. The molecule has 126 valence electrons. The number of hydrogen-bond acceptors (Lipinski definition) is 2. The quantitative estimate of drug-likeness (QED) is 0.785. The van der Waals surface area contributed by atoms with E-state index in [1.165, 1.54) is 5.56 Å². The summed E-state index contributed by atoms with van der Waals surface area (Å²) in [4.78, 5) is 25.2. The highest BCUT2D eigenvalue weighted by atomic mass is 16.4. The normalized spacial score (nSPS) is 20.9. The molecule has 0 radical (unpaired) electrons. The standard InChI is InChI=1S/C19H27NO3/c1-20(14-6-5-9-15-7-3-2-4-8-15)18(21)16-10-12-17(13-11-16)19(22)23/h2-4,7-8,16-17H,5-6,9-14H2,1H3,(H,22,23). The summed E-state index contributed by atoms with van der Waals surface area (Å²) in [5.74, 6) is -0.765. The molecular formula is C19H27NO3. The van der Waals surface area contributed by atoms with Crippen molar-refractivity contribution in [1.82, 2.24) is 4.90 Å². The summed E-state index contributed by atoms with van der Waals surface area (Å²) in [6, 6.07) is 10.4. The van der Waals surface area contributed by atoms with E-state index in [2.05, 4.69) is 24.3 Å². The molecule has 0 atom stereocenters. The van der Waals surface area contributed by atoms with Crippen LogP contribution in [0.1, 0.15) is 44.1 Å². The molecule has 0 spiro atoms. The third kappa shape index (κ3) is 5.38. The third-order valence-corrected chi connectivity index (χ3v) is 4.85. The van der Waals surface area contributed by atoms with Gasteiger partial charge in [-0.2, -0.15) is 0 Å². The number of nitrogens with zero attached hydrogens (tertiary/aromatic N) is 1. The van der Waals surface area contributed by atoms with E-state index in [9.17, 15) is 9.59 Å². The van der Waals surface area contributed by atoms with Crippen LogP contribution in [0.4, 0.5) is 0 Å². The SMILES string of the molecule is CN(CCCCc1ccccc1)C(=O)C1CCC(C(=O)O)CC1. The van der Waals surface area contributed by atoms with Gasteiger partial charge in [0.15, 0.2) is 0 Å². The first kappa shape index (κ1) is 17.5. The maximum atomic E-state index is 12.4. The Hall–Kier alpha value is -1.84. The van der Waals surface area contributed by atoms with Crippen LogP contribution in [-0.2, 0) is 16.0 Å². The fraction of sp³-hybridized carbons (Fsp3) is 0.579. The molecule has 1 fully saturated rings. The largest absolute Gasteiger partial charge is 0.481 e. The molecule has 1 aliphatic carbocycles. The van der Waals surface area contributed by atoms with E-state index in [4.69, 9.17) is 5.11 Å². The van der Waals surface area contributed by atoms with E-state index in [1.807, 2.05) is 18.0 Å². The van der Waals surface area contributed by atoms with Crippen LogP contribution in [0.5, 0.6) is 0 Å². The number of carboxylic acid groups (broad SMARTS) is 1. The summed E-state index contributed by atoms with van der Waals surface area (Å²) in [6.45, 7) is 0.782. The summed E-state index contributed by atoms with van der Waals surface area (Å²) in [6.07, 6.45) is 5.82. The first-order chi connectivity index (χ1) is 11.1. The number of benzene rings is 1. The zero-order valence-corrected chi connectivity index (χ0v) is 13.9. The Kier molecular flexibility index (Phi) is 6.63. The molecule has 0 bridgehead atoms. The minimum absolute atomic E-state index is 0.0183. The molecule has 2 rings (SSSR count). The molecule has 1 N–H and O–H groups in total. The molecule has 1 amide bonds. The second kappa shape index (κ2) is 8.70. The number of carbonyl (C=O) groups excluding carboxylic acids is 1. The Bertz CT molecular complexity index is 507. The summed E-state index contributed by atoms with van der Waals surface area (Å²) < 4.78 is 0. The number of carboxylic acids is 1. The van der Waals surface area contributed by atoms with Crippen molar-refractivity contribution in [3.8, 4) is 0 Å². The number of aryl methyl sites for hydroxylation is 1. The fourth-order valence-electron chi connectivity index (χ4n) is 3.33. The lowest BCUT2D eigenvalue weighted by Gasteiger charge is -2.29. The number of rotatable bonds is 7. The minimum Gasteiger partial charge on any atom is -0.481 e. The molecule has 1 aromatic rings. The number of amides is 1. The smallest absolute Gasteiger partial charge is 0.306 e. The highest BCUT2D eigenvalue weighted by Gasteiger charge is 2.30. The zero-order chi connectivity index (χ0) is 16.7. The molecule has 0 aromatic heterocycles. The topological polar surface area (TPSA) is 57.6 Å². The molecule has 1 aliphatic rings. The van der Waals surface area contributed by atoms with Crippen molar-refractivity contribution in [3.05, 3.63) is 35.9 Å². The molecule has 0 aliphatic heterocycles. The van der Waals surface area contributed by atoms with Gasteiger partial charge in [-0.1, -0.05) is 30.3 Å². The van der Waals surface area contributed by atoms with E-state index in [0.717, 1.165) is 25.8 Å². The van der Waals surface area contributed by atoms with Crippen molar-refractivity contribution in [2.24, 2.45) is 11.8 Å². The predicted molar refractivity (Wildman–Crippen MR) is 90.1 cm³/mol. The van der Waals surface area contributed by atoms with Gasteiger partial charge >= 0.3 is 5.97 Å². The molecule has 4 heteroatoms. The van der Waals surface area contributed by atoms with Gasteiger partial charge in [0.25, 0.3) is 0 Å². The second-order valence-corrected chi connectivity index (χ2v) is 6.59. The lowest BCUT2D eigenvalue weighted by molar-refractivity contribution is -0.145. The Morgan fingerprint density at radius 3 is 2.26 bits per heavy atom. The molecular weight excluding hydrogens is 290 g/mol. The molecule has 0 heterocycles. The van der Waals surface area contributed by atoms with Crippen molar-refractivity contribution >= 4 is 11.9 Å². The highest BCUT2D eigenvalue weighted by Crippen LogP contribution is 2.30. The average Bonchev–Trinajstić information content (AvgIpc) is 2.59. The first-order valence-electron chi connectivity index (χ1n) is 8.59. The van der Waals surface area contributed by atoms with Gasteiger partial charge in [0.2, 0.25) is 5.91 Å². The van der Waals surface area contributed by atoms with Gasteiger partial charge in [-0.25, -0.2) is 0 Å². The van der Waals surface area contributed by atoms with E-state index >= 15 is 0 Å². The van der Waals surface area contributed by atoms with Crippen molar-refractivity contribution < 1.29 is 14.7 Å². The molecule has 23 heavy (non-hydrogen) atoms. The van der Waals surface area contributed by atoms with Gasteiger partial charge in [0, 0.05) is 19.5 Å². The molecule has 1 saturated carbocycles. The van der Waals surface area contributed by atoms with Crippen LogP contribution >= 0.6 is 0 Å². The Morgan fingerprint density at radius 2 is 1.65 bits per heavy atom. The summed E-state index contributed by atoms with van der Waals surface area (Å²) in [7, 11) is 1.87. The van der Waals surface area contributed by atoms with E-state index in [0.29, 0.717) is 25.7 Å². The van der Waals surface area contributed by atoms with E-state index in [-0.39, 0.29) is 17.7 Å². The van der Waals surface area contributed by atoms with Crippen molar-refractivity contribution in [3.63, 3.8) is 0 Å². The Labute approximate surface area is 138 Å². The monoisotopic (exact) mass is 317 g/mol. The molecule has 0 unspecified atom stereocenters. The maximum absolute atomic E-state index is 12.4. The summed E-state index contributed by atoms with van der Waals surface area (Å²) in [5.41, 5.74) is 1.34. The van der Waals surface area contributed by atoms with Gasteiger partial charge in [0.05, 0.1) is 5.92 Å². The fourth-order valence-corrected chi connectivity index (χ4v) is 3.33. The first-order valence-corrected chi connectivity index (χ1v) is 8.59. The molecule has 4 nitrogen and oxygen atoms in total. The van der Waals surface area contributed by atoms with Crippen LogP contribution in [0.2, 0.25) is 0 Å². The summed E-state index contributed by atoms with van der Waals surface area (Å²) in [5, 5.41) is 9.01. The van der Waals surface area contributed by atoms with Crippen LogP contribution in [-0.4, -0.2) is 35.5 Å². The number of aliphatic carboxylic acids is 1. The lowest BCUT2D eigenvalue weighted by Crippen LogP contribution is -2.36. The summed E-state index contributed by atoms with van der Waals surface area (Å²) >= 11 is 0. The van der Waals surface area contributed by atoms with Crippen LogP contribution in [0.25, 0.3) is 0 Å². The Morgan fingerprint density at radius 1 is 1.04 bits per heavy atom. The third-order valence-electron chi connectivity index (χ3n) is 4.85. The van der Waals surface area contributed by atoms with Crippen molar-refractivity contribution in [1.29, 1.82) is 0 Å². The highest BCUT2D eigenvalue weighted by molar-refractivity contribution is 5.79. The van der Waals surface area contributed by atoms with Gasteiger partial charge in [-0.05, 0) is 50.5 Å². The number of carbonyl (C=O) groups is 2. The van der Waals surface area contributed by atoms with Gasteiger partial charge < -0.3 is 10.0 Å². The van der Waals surface area contributed by atoms with Gasteiger partial charge in [0.1, 0.15) is 0 Å².